The molecule has 4 rings (SSSR count). The molecule has 3 aromatic rings. The molecule has 2 aromatic heterocycles. The number of nitrogens with one attached hydrogen (secondary N) is 1. The van der Waals surface area contributed by atoms with E-state index in [1.165, 1.54) is 0 Å². The van der Waals surface area contributed by atoms with Crippen LogP contribution in [0.4, 0.5) is 5.82 Å². The molecule has 1 fully saturated rings. The summed E-state index contributed by atoms with van der Waals surface area (Å²) in [5.41, 5.74) is 1.43. The molecule has 0 saturated carbocycles. The molecule has 8 nitrogen and oxygen atoms in total. The average molecular weight is 398 g/mol. The zero-order valence-corrected chi connectivity index (χ0v) is 16.7. The van der Waals surface area contributed by atoms with Gasteiger partial charge in [-0.2, -0.15) is 16.9 Å². The Bertz CT molecular complexity index is 999. The summed E-state index contributed by atoms with van der Waals surface area (Å²) in [4.78, 5) is 24.0. The van der Waals surface area contributed by atoms with Gasteiger partial charge >= 0.3 is 0 Å². The zero-order valence-electron chi connectivity index (χ0n) is 15.9. The van der Waals surface area contributed by atoms with Crippen LogP contribution in [-0.4, -0.2) is 57.4 Å². The number of carbonyl (C=O) groups is 1. The summed E-state index contributed by atoms with van der Waals surface area (Å²) in [6.45, 7) is 2.13. The van der Waals surface area contributed by atoms with Gasteiger partial charge < -0.3 is 15.0 Å². The van der Waals surface area contributed by atoms with E-state index in [4.69, 9.17) is 4.74 Å². The van der Waals surface area contributed by atoms with Crippen molar-refractivity contribution >= 4 is 34.5 Å². The van der Waals surface area contributed by atoms with Crippen molar-refractivity contribution in [3.8, 4) is 5.75 Å². The van der Waals surface area contributed by atoms with Crippen molar-refractivity contribution in [1.29, 1.82) is 0 Å². The Morgan fingerprint density at radius 2 is 2.04 bits per heavy atom. The molecular formula is C19H22N6O2S. The number of aromatic nitrogens is 4. The topological polar surface area (TPSA) is 85.2 Å². The number of anilines is 1. The van der Waals surface area contributed by atoms with E-state index in [1.54, 1.807) is 11.8 Å². The monoisotopic (exact) mass is 398 g/mol. The smallest absolute Gasteiger partial charge is 0.289 e. The Morgan fingerprint density at radius 3 is 2.82 bits per heavy atom. The number of ether oxygens (including phenoxy) is 1. The molecule has 0 atom stereocenters. The van der Waals surface area contributed by atoms with E-state index in [2.05, 4.69) is 25.3 Å². The molecular weight excluding hydrogens is 376 g/mol. The molecule has 1 saturated heterocycles. The molecule has 0 bridgehead atoms. The van der Waals surface area contributed by atoms with Gasteiger partial charge in [0, 0.05) is 49.9 Å². The number of nitrogens with zero attached hydrogens (tertiary/aromatic N) is 5. The molecule has 28 heavy (non-hydrogen) atoms. The first kappa shape index (κ1) is 18.5. The number of amides is 1. The van der Waals surface area contributed by atoms with Gasteiger partial charge in [-0.1, -0.05) is 18.2 Å². The van der Waals surface area contributed by atoms with Gasteiger partial charge in [0.1, 0.15) is 11.6 Å². The average Bonchev–Trinajstić information content (AvgIpc) is 3.12. The Hall–Kier alpha value is -2.81. The highest BCUT2D eigenvalue weighted by Gasteiger charge is 2.21. The van der Waals surface area contributed by atoms with Gasteiger partial charge in [-0.25, -0.2) is 9.97 Å². The molecule has 0 unspecified atom stereocenters. The van der Waals surface area contributed by atoms with Crippen LogP contribution in [0.15, 0.2) is 30.5 Å². The van der Waals surface area contributed by atoms with Gasteiger partial charge in [0.05, 0.1) is 12.5 Å². The molecule has 1 aromatic carbocycles. The SMILES string of the molecule is COc1ccccc1CNC(=O)c1nc(N2CCSCC2)c2cn(C)nc2n1. The summed E-state index contributed by atoms with van der Waals surface area (Å²) in [7, 11) is 3.46. The summed E-state index contributed by atoms with van der Waals surface area (Å²) in [6.07, 6.45) is 1.91. The quantitative estimate of drug-likeness (QED) is 0.702. The van der Waals surface area contributed by atoms with Crippen LogP contribution < -0.4 is 15.0 Å². The van der Waals surface area contributed by atoms with E-state index in [1.807, 2.05) is 49.3 Å². The number of methoxy groups -OCH3 is 1. The number of para-hydroxylation sites is 1. The van der Waals surface area contributed by atoms with Crippen LogP contribution in [0.5, 0.6) is 5.75 Å². The number of aryl methyl sites for hydroxylation is 1. The molecule has 1 aliphatic rings. The van der Waals surface area contributed by atoms with Crippen LogP contribution >= 0.6 is 11.8 Å². The van der Waals surface area contributed by atoms with Crippen molar-refractivity contribution < 1.29 is 9.53 Å². The summed E-state index contributed by atoms with van der Waals surface area (Å²) in [6, 6.07) is 7.58. The van der Waals surface area contributed by atoms with Crippen molar-refractivity contribution in [3.63, 3.8) is 0 Å². The van der Waals surface area contributed by atoms with E-state index in [0.717, 1.165) is 47.1 Å². The Labute approximate surface area is 167 Å². The number of thioether (sulfide) groups is 1. The second-order valence-electron chi connectivity index (χ2n) is 6.50. The molecule has 0 aliphatic carbocycles. The third-order valence-corrected chi connectivity index (χ3v) is 5.56. The van der Waals surface area contributed by atoms with Crippen LogP contribution in [-0.2, 0) is 13.6 Å². The molecule has 9 heteroatoms. The minimum Gasteiger partial charge on any atom is -0.496 e. The largest absolute Gasteiger partial charge is 0.496 e. The van der Waals surface area contributed by atoms with Gasteiger partial charge in [-0.15, -0.1) is 0 Å². The highest BCUT2D eigenvalue weighted by molar-refractivity contribution is 7.99. The predicted molar refractivity (Wildman–Crippen MR) is 110 cm³/mol. The summed E-state index contributed by atoms with van der Waals surface area (Å²) in [5, 5.41) is 8.15. The zero-order chi connectivity index (χ0) is 19.5. The fourth-order valence-corrected chi connectivity index (χ4v) is 4.13. The lowest BCUT2D eigenvalue weighted by molar-refractivity contribution is 0.0940. The van der Waals surface area contributed by atoms with E-state index in [9.17, 15) is 4.79 Å². The van der Waals surface area contributed by atoms with E-state index >= 15 is 0 Å². The molecule has 1 N–H and O–H groups in total. The molecule has 0 radical (unpaired) electrons. The van der Waals surface area contributed by atoms with Crippen molar-refractivity contribution in [2.24, 2.45) is 7.05 Å². The van der Waals surface area contributed by atoms with Gasteiger partial charge in [0.25, 0.3) is 5.91 Å². The molecule has 1 amide bonds. The van der Waals surface area contributed by atoms with E-state index in [-0.39, 0.29) is 11.7 Å². The minimum absolute atomic E-state index is 0.134. The standard InChI is InChI=1S/C19H22N6O2S/c1-24-12-14-16(23-24)21-17(22-18(14)25-7-9-28-10-8-25)19(26)20-11-13-5-3-4-6-15(13)27-2/h3-6,12H,7-11H2,1-2H3,(H,20,26). The summed E-state index contributed by atoms with van der Waals surface area (Å²) in [5.74, 6) is 3.40. The highest BCUT2D eigenvalue weighted by atomic mass is 32.2. The van der Waals surface area contributed by atoms with Crippen molar-refractivity contribution in [2.75, 3.05) is 36.6 Å². The molecule has 0 spiro atoms. The van der Waals surface area contributed by atoms with Crippen LogP contribution in [0.3, 0.4) is 0 Å². The second-order valence-corrected chi connectivity index (χ2v) is 7.73. The first-order valence-corrected chi connectivity index (χ1v) is 10.3. The fraction of sp³-hybridized carbons (Fsp3) is 0.368. The predicted octanol–water partition coefficient (Wildman–Crippen LogP) is 1.86. The number of fused-ring (bicyclic) bond motifs is 1. The van der Waals surface area contributed by atoms with E-state index in [0.29, 0.717) is 12.2 Å². The first-order chi connectivity index (χ1) is 13.7. The maximum atomic E-state index is 12.8. The first-order valence-electron chi connectivity index (χ1n) is 9.10. The maximum absolute atomic E-state index is 12.8. The number of hydrogen-bond acceptors (Lipinski definition) is 7. The Balaban J connectivity index is 1.61. The lowest BCUT2D eigenvalue weighted by atomic mass is 10.2. The van der Waals surface area contributed by atoms with Crippen LogP contribution in [0.1, 0.15) is 16.2 Å². The maximum Gasteiger partial charge on any atom is 0.289 e. The van der Waals surface area contributed by atoms with Crippen molar-refractivity contribution in [1.82, 2.24) is 25.1 Å². The highest BCUT2D eigenvalue weighted by Crippen LogP contribution is 2.25. The summed E-state index contributed by atoms with van der Waals surface area (Å²) >= 11 is 1.93. The Morgan fingerprint density at radius 1 is 1.25 bits per heavy atom. The van der Waals surface area contributed by atoms with Gasteiger partial charge in [-0.3, -0.25) is 9.48 Å². The number of benzene rings is 1. The molecule has 146 valence electrons. The van der Waals surface area contributed by atoms with Crippen molar-refractivity contribution in [2.45, 2.75) is 6.54 Å². The van der Waals surface area contributed by atoms with E-state index < -0.39 is 0 Å². The van der Waals surface area contributed by atoms with Crippen LogP contribution in [0.25, 0.3) is 11.0 Å². The number of rotatable bonds is 5. The van der Waals surface area contributed by atoms with Gasteiger partial charge in [0.2, 0.25) is 5.82 Å². The normalized spacial score (nSPS) is 14.3. The van der Waals surface area contributed by atoms with Gasteiger partial charge in [0.15, 0.2) is 5.65 Å². The minimum atomic E-state index is -0.328. The number of hydrogen-bond donors (Lipinski definition) is 1. The van der Waals surface area contributed by atoms with Crippen LogP contribution in [0, 0.1) is 0 Å². The van der Waals surface area contributed by atoms with Gasteiger partial charge in [-0.05, 0) is 6.07 Å². The summed E-state index contributed by atoms with van der Waals surface area (Å²) < 4.78 is 7.04. The van der Waals surface area contributed by atoms with Crippen LogP contribution in [0.2, 0.25) is 0 Å². The Kier molecular flexibility index (Phi) is 5.34. The lowest BCUT2D eigenvalue weighted by Gasteiger charge is -2.27. The molecule has 3 heterocycles. The third kappa shape index (κ3) is 3.75. The molecule has 1 aliphatic heterocycles. The van der Waals surface area contributed by atoms with Crippen molar-refractivity contribution in [3.05, 3.63) is 41.9 Å². The fourth-order valence-electron chi connectivity index (χ4n) is 3.22. The number of carbonyl (C=O) groups excluding carboxylic acids is 1. The lowest BCUT2D eigenvalue weighted by Crippen LogP contribution is -2.34. The third-order valence-electron chi connectivity index (χ3n) is 4.62. The second kappa shape index (κ2) is 8.05.